The van der Waals surface area contributed by atoms with Crippen LogP contribution < -0.4 is 5.32 Å². The highest BCUT2D eigenvalue weighted by Crippen LogP contribution is 2.19. The molecule has 1 aliphatic rings. The van der Waals surface area contributed by atoms with Crippen molar-refractivity contribution >= 4 is 29.3 Å². The molecule has 1 saturated carbocycles. The summed E-state index contributed by atoms with van der Waals surface area (Å²) in [5, 5.41) is 2.98. The lowest BCUT2D eigenvalue weighted by molar-refractivity contribution is -0.121. The number of nitrogens with one attached hydrogen (secondary N) is 2. The summed E-state index contributed by atoms with van der Waals surface area (Å²) in [5.41, 5.74) is 2.82. The Balaban J connectivity index is 1.78. The summed E-state index contributed by atoms with van der Waals surface area (Å²) in [6.45, 7) is 2.55. The number of carbonyl (C=O) groups is 1. The maximum absolute atomic E-state index is 11.7. The SMILES string of the molecule is Cc1cnc2c(c1)[nH]c(=S)n2CCC(=O)NC1CC1. The molecular weight excluding hydrogens is 260 g/mol. The van der Waals surface area contributed by atoms with E-state index >= 15 is 0 Å². The number of nitrogens with zero attached hydrogens (tertiary/aromatic N) is 2. The smallest absolute Gasteiger partial charge is 0.222 e. The van der Waals surface area contributed by atoms with Gasteiger partial charge in [-0.3, -0.25) is 4.79 Å². The fraction of sp³-hybridized carbons (Fsp3) is 0.462. The highest BCUT2D eigenvalue weighted by atomic mass is 32.1. The third kappa shape index (κ3) is 2.68. The van der Waals surface area contributed by atoms with E-state index in [1.807, 2.05) is 23.8 Å². The van der Waals surface area contributed by atoms with Gasteiger partial charge >= 0.3 is 0 Å². The summed E-state index contributed by atoms with van der Waals surface area (Å²) in [7, 11) is 0. The van der Waals surface area contributed by atoms with Gasteiger partial charge in [0, 0.05) is 25.2 Å². The van der Waals surface area contributed by atoms with Gasteiger partial charge in [-0.1, -0.05) is 0 Å². The average Bonchev–Trinajstić information content (AvgIpc) is 3.10. The molecule has 0 saturated heterocycles. The van der Waals surface area contributed by atoms with Gasteiger partial charge in [0.15, 0.2) is 10.4 Å². The van der Waals surface area contributed by atoms with Crippen LogP contribution in [0.3, 0.4) is 0 Å². The summed E-state index contributed by atoms with van der Waals surface area (Å²) >= 11 is 5.28. The van der Waals surface area contributed by atoms with Crippen LogP contribution in [0.4, 0.5) is 0 Å². The molecule has 2 N–H and O–H groups in total. The van der Waals surface area contributed by atoms with Crippen molar-refractivity contribution in [2.24, 2.45) is 0 Å². The molecule has 2 aromatic heterocycles. The molecular formula is C13H16N4OS. The minimum absolute atomic E-state index is 0.0888. The molecule has 2 aromatic rings. The van der Waals surface area contributed by atoms with Crippen LogP contribution in [0.15, 0.2) is 12.3 Å². The number of amides is 1. The van der Waals surface area contributed by atoms with Crippen LogP contribution in [0.25, 0.3) is 11.2 Å². The molecule has 0 spiro atoms. The highest BCUT2D eigenvalue weighted by molar-refractivity contribution is 7.71. The van der Waals surface area contributed by atoms with Crippen molar-refractivity contribution in [1.82, 2.24) is 19.9 Å². The van der Waals surface area contributed by atoms with Crippen molar-refractivity contribution in [3.8, 4) is 0 Å². The molecule has 0 radical (unpaired) electrons. The topological polar surface area (TPSA) is 62.7 Å². The Labute approximate surface area is 116 Å². The van der Waals surface area contributed by atoms with Crippen molar-refractivity contribution in [2.45, 2.75) is 38.8 Å². The molecule has 3 rings (SSSR count). The van der Waals surface area contributed by atoms with Gasteiger partial charge in [-0.25, -0.2) is 4.98 Å². The maximum Gasteiger partial charge on any atom is 0.222 e. The number of imidazole rings is 1. The van der Waals surface area contributed by atoms with Crippen LogP contribution in [0, 0.1) is 11.7 Å². The molecule has 0 aliphatic heterocycles. The Morgan fingerprint density at radius 1 is 1.63 bits per heavy atom. The molecule has 0 aromatic carbocycles. The van der Waals surface area contributed by atoms with E-state index < -0.39 is 0 Å². The minimum atomic E-state index is 0.0888. The Bertz CT molecular complexity index is 683. The second kappa shape index (κ2) is 4.77. The monoisotopic (exact) mass is 276 g/mol. The quantitative estimate of drug-likeness (QED) is 0.840. The number of aryl methyl sites for hydroxylation is 2. The van der Waals surface area contributed by atoms with Crippen LogP contribution in [0.5, 0.6) is 0 Å². The lowest BCUT2D eigenvalue weighted by Gasteiger charge is -2.05. The Hall–Kier alpha value is -1.69. The second-order valence-corrected chi connectivity index (χ2v) is 5.44. The van der Waals surface area contributed by atoms with E-state index in [2.05, 4.69) is 15.3 Å². The first kappa shape index (κ1) is 12.3. The molecule has 0 atom stereocenters. The van der Waals surface area contributed by atoms with Gasteiger partial charge in [0.25, 0.3) is 0 Å². The van der Waals surface area contributed by atoms with Gasteiger partial charge < -0.3 is 14.9 Å². The van der Waals surface area contributed by atoms with Gasteiger partial charge in [0.05, 0.1) is 5.52 Å². The summed E-state index contributed by atoms with van der Waals surface area (Å²) in [5.74, 6) is 0.0888. The Morgan fingerprint density at radius 2 is 2.42 bits per heavy atom. The Kier molecular flexibility index (Phi) is 3.10. The van der Waals surface area contributed by atoms with Crippen LogP contribution in [-0.4, -0.2) is 26.5 Å². The zero-order valence-corrected chi connectivity index (χ0v) is 11.6. The zero-order valence-electron chi connectivity index (χ0n) is 10.8. The highest BCUT2D eigenvalue weighted by Gasteiger charge is 2.23. The Morgan fingerprint density at radius 3 is 3.16 bits per heavy atom. The number of aromatic amines is 1. The van der Waals surface area contributed by atoms with E-state index in [-0.39, 0.29) is 5.91 Å². The number of H-pyrrole nitrogens is 1. The number of rotatable bonds is 4. The van der Waals surface area contributed by atoms with Crippen LogP contribution in [-0.2, 0) is 11.3 Å². The number of aromatic nitrogens is 3. The molecule has 2 heterocycles. The average molecular weight is 276 g/mol. The van der Waals surface area contributed by atoms with Crippen molar-refractivity contribution < 1.29 is 4.79 Å². The largest absolute Gasteiger partial charge is 0.353 e. The number of carbonyl (C=O) groups excluding carboxylic acids is 1. The number of pyridine rings is 1. The lowest BCUT2D eigenvalue weighted by Crippen LogP contribution is -2.26. The molecule has 0 bridgehead atoms. The van der Waals surface area contributed by atoms with Gasteiger partial charge in [-0.2, -0.15) is 0 Å². The zero-order chi connectivity index (χ0) is 13.4. The molecule has 1 aliphatic carbocycles. The minimum Gasteiger partial charge on any atom is -0.353 e. The predicted octanol–water partition coefficient (Wildman–Crippen LogP) is 2.07. The second-order valence-electron chi connectivity index (χ2n) is 5.06. The molecule has 1 amide bonds. The van der Waals surface area contributed by atoms with E-state index in [1.54, 1.807) is 0 Å². The first-order chi connectivity index (χ1) is 9.13. The van der Waals surface area contributed by atoms with E-state index in [4.69, 9.17) is 12.2 Å². The number of hydrogen-bond acceptors (Lipinski definition) is 3. The molecule has 100 valence electrons. The normalized spacial score (nSPS) is 14.8. The van der Waals surface area contributed by atoms with Crippen molar-refractivity contribution in [2.75, 3.05) is 0 Å². The first-order valence-electron chi connectivity index (χ1n) is 6.48. The van der Waals surface area contributed by atoms with Crippen LogP contribution in [0.1, 0.15) is 24.8 Å². The fourth-order valence-corrected chi connectivity index (χ4v) is 2.38. The molecule has 5 nitrogen and oxygen atoms in total. The van der Waals surface area contributed by atoms with Crippen molar-refractivity contribution in [3.63, 3.8) is 0 Å². The number of hydrogen-bond donors (Lipinski definition) is 2. The van der Waals surface area contributed by atoms with Gasteiger partial charge in [-0.05, 0) is 43.6 Å². The van der Waals surface area contributed by atoms with Crippen molar-refractivity contribution in [1.29, 1.82) is 0 Å². The fourth-order valence-electron chi connectivity index (χ4n) is 2.10. The molecule has 6 heteroatoms. The van der Waals surface area contributed by atoms with Crippen LogP contribution in [0.2, 0.25) is 0 Å². The van der Waals surface area contributed by atoms with Crippen molar-refractivity contribution in [3.05, 3.63) is 22.6 Å². The number of fused-ring (bicyclic) bond motifs is 1. The van der Waals surface area contributed by atoms with Gasteiger partial charge in [0.2, 0.25) is 5.91 Å². The summed E-state index contributed by atoms with van der Waals surface area (Å²) < 4.78 is 2.50. The molecule has 19 heavy (non-hydrogen) atoms. The third-order valence-corrected chi connectivity index (χ3v) is 3.57. The third-order valence-electron chi connectivity index (χ3n) is 3.25. The predicted molar refractivity (Wildman–Crippen MR) is 75.4 cm³/mol. The van der Waals surface area contributed by atoms with Gasteiger partial charge in [0.1, 0.15) is 0 Å². The summed E-state index contributed by atoms with van der Waals surface area (Å²) in [4.78, 5) is 19.2. The van der Waals surface area contributed by atoms with E-state index in [0.29, 0.717) is 23.8 Å². The lowest BCUT2D eigenvalue weighted by atomic mass is 10.3. The van der Waals surface area contributed by atoms with Gasteiger partial charge in [-0.15, -0.1) is 0 Å². The van der Waals surface area contributed by atoms with E-state index in [0.717, 1.165) is 29.6 Å². The first-order valence-corrected chi connectivity index (χ1v) is 6.89. The standard InChI is InChI=1S/C13H16N4OS/c1-8-6-10-12(14-7-8)17(13(19)16-10)5-4-11(18)15-9-2-3-9/h6-7,9H,2-5H2,1H3,(H,15,18)(H,16,19). The molecule has 0 unspecified atom stereocenters. The van der Waals surface area contributed by atoms with E-state index in [9.17, 15) is 4.79 Å². The maximum atomic E-state index is 11.7. The summed E-state index contributed by atoms with van der Waals surface area (Å²) in [6.07, 6.45) is 4.47. The summed E-state index contributed by atoms with van der Waals surface area (Å²) in [6, 6.07) is 2.42. The van der Waals surface area contributed by atoms with E-state index in [1.165, 1.54) is 0 Å². The van der Waals surface area contributed by atoms with Crippen LogP contribution >= 0.6 is 12.2 Å². The molecule has 1 fully saturated rings.